The fourth-order valence-corrected chi connectivity index (χ4v) is 7.30. The number of aromatic nitrogens is 1. The second kappa shape index (κ2) is 7.51. The lowest BCUT2D eigenvalue weighted by Gasteiger charge is -2.56. The molecule has 31 heavy (non-hydrogen) atoms. The second-order valence-corrected chi connectivity index (χ2v) is 11.3. The number of sulfonamides is 1. The number of nitrogens with one attached hydrogen (secondary N) is 3. The number of benzene rings is 1. The summed E-state index contributed by atoms with van der Waals surface area (Å²) in [4.78, 5) is 16.7. The van der Waals surface area contributed by atoms with Gasteiger partial charge in [-0.25, -0.2) is 17.9 Å². The summed E-state index contributed by atoms with van der Waals surface area (Å²) in [5.74, 6) is 1.98. The highest BCUT2D eigenvalue weighted by Crippen LogP contribution is 2.55. The van der Waals surface area contributed by atoms with Crippen LogP contribution in [-0.2, 0) is 10.0 Å². The molecule has 0 unspecified atom stereocenters. The highest BCUT2D eigenvalue weighted by Gasteiger charge is 2.51. The van der Waals surface area contributed by atoms with E-state index in [-0.39, 0.29) is 10.4 Å². The van der Waals surface area contributed by atoms with Gasteiger partial charge in [0, 0.05) is 23.6 Å². The third-order valence-corrected chi connectivity index (χ3v) is 8.37. The van der Waals surface area contributed by atoms with Gasteiger partial charge < -0.3 is 10.6 Å². The number of nitrogens with zero attached hydrogens (tertiary/aromatic N) is 1. The third-order valence-electron chi connectivity index (χ3n) is 7.02. The Morgan fingerprint density at radius 2 is 1.74 bits per heavy atom. The van der Waals surface area contributed by atoms with E-state index in [1.807, 2.05) is 31.2 Å². The first-order valence-corrected chi connectivity index (χ1v) is 12.4. The number of carbonyl (C=O) groups is 1. The largest absolute Gasteiger partial charge is 0.354 e. The minimum atomic E-state index is -4.09. The van der Waals surface area contributed by atoms with Crippen LogP contribution in [0.25, 0.3) is 0 Å². The molecule has 4 saturated carbocycles. The van der Waals surface area contributed by atoms with E-state index in [9.17, 15) is 13.2 Å². The maximum Gasteiger partial charge on any atom is 0.329 e. The van der Waals surface area contributed by atoms with Gasteiger partial charge in [-0.15, -0.1) is 0 Å². The number of hydrogen-bond acceptors (Lipinski definition) is 5. The molecule has 4 fully saturated rings. The second-order valence-electron chi connectivity index (χ2n) is 9.62. The Bertz CT molecular complexity index is 1080. The molecule has 8 heteroatoms. The molecule has 1 aromatic carbocycles. The van der Waals surface area contributed by atoms with Crippen molar-refractivity contribution in [2.24, 2.45) is 17.8 Å². The summed E-state index contributed by atoms with van der Waals surface area (Å²) >= 11 is 0. The Morgan fingerprint density at radius 3 is 2.39 bits per heavy atom. The van der Waals surface area contributed by atoms with Crippen molar-refractivity contribution >= 4 is 27.4 Å². The molecule has 4 aliphatic carbocycles. The van der Waals surface area contributed by atoms with Gasteiger partial charge in [-0.3, -0.25) is 4.98 Å². The zero-order valence-corrected chi connectivity index (χ0v) is 18.4. The van der Waals surface area contributed by atoms with E-state index < -0.39 is 16.1 Å². The molecule has 3 N–H and O–H groups in total. The highest BCUT2D eigenvalue weighted by atomic mass is 32.2. The predicted molar refractivity (Wildman–Crippen MR) is 118 cm³/mol. The number of aryl methyl sites for hydroxylation is 1. The molecule has 164 valence electrons. The van der Waals surface area contributed by atoms with Crippen LogP contribution in [0.5, 0.6) is 0 Å². The van der Waals surface area contributed by atoms with Crippen molar-refractivity contribution in [3.05, 3.63) is 48.3 Å². The van der Waals surface area contributed by atoms with Crippen LogP contribution in [-0.4, -0.2) is 25.0 Å². The summed E-state index contributed by atoms with van der Waals surface area (Å²) < 4.78 is 28.3. The Morgan fingerprint density at radius 1 is 1.06 bits per heavy atom. The van der Waals surface area contributed by atoms with Crippen molar-refractivity contribution in [2.75, 3.05) is 5.32 Å². The van der Waals surface area contributed by atoms with Gasteiger partial charge in [0.25, 0.3) is 10.0 Å². The third kappa shape index (κ3) is 4.13. The number of amides is 2. The van der Waals surface area contributed by atoms with Crippen molar-refractivity contribution in [3.63, 3.8) is 0 Å². The van der Waals surface area contributed by atoms with E-state index in [1.165, 1.54) is 31.7 Å². The minimum Gasteiger partial charge on any atom is -0.354 e. The summed E-state index contributed by atoms with van der Waals surface area (Å²) in [6.07, 6.45) is 9.42. The van der Waals surface area contributed by atoms with Crippen molar-refractivity contribution in [2.45, 2.75) is 55.9 Å². The Labute approximate surface area is 183 Å². The number of anilines is 2. The molecule has 1 heterocycles. The fraction of sp³-hybridized carbons (Fsp3) is 0.478. The Hall–Kier alpha value is -2.61. The van der Waals surface area contributed by atoms with Gasteiger partial charge >= 0.3 is 6.03 Å². The van der Waals surface area contributed by atoms with Crippen LogP contribution < -0.4 is 15.4 Å². The van der Waals surface area contributed by atoms with Gasteiger partial charge in [0.05, 0.1) is 5.69 Å². The van der Waals surface area contributed by atoms with Crippen LogP contribution in [0.15, 0.2) is 47.6 Å². The predicted octanol–water partition coefficient (Wildman–Crippen LogP) is 4.09. The van der Waals surface area contributed by atoms with Crippen molar-refractivity contribution in [1.82, 2.24) is 15.0 Å². The molecule has 4 bridgehead atoms. The lowest BCUT2D eigenvalue weighted by molar-refractivity contribution is -0.0132. The zero-order valence-electron chi connectivity index (χ0n) is 17.6. The van der Waals surface area contributed by atoms with Gasteiger partial charge in [0.1, 0.15) is 4.90 Å². The first kappa shape index (κ1) is 20.3. The number of pyridine rings is 1. The van der Waals surface area contributed by atoms with Gasteiger partial charge in [-0.2, -0.15) is 0 Å². The lowest BCUT2D eigenvalue weighted by atomic mass is 9.53. The number of carbonyl (C=O) groups excluding carboxylic acids is 1. The number of hydrogen-bond donors (Lipinski definition) is 3. The Balaban J connectivity index is 1.32. The molecule has 4 aliphatic rings. The van der Waals surface area contributed by atoms with Crippen LogP contribution in [0, 0.1) is 24.7 Å². The van der Waals surface area contributed by atoms with Crippen LogP contribution in [0.2, 0.25) is 0 Å². The molecule has 1 aromatic heterocycles. The highest BCUT2D eigenvalue weighted by molar-refractivity contribution is 7.90. The quantitative estimate of drug-likeness (QED) is 0.650. The average molecular weight is 441 g/mol. The number of rotatable bonds is 5. The minimum absolute atomic E-state index is 0.0582. The van der Waals surface area contributed by atoms with Crippen molar-refractivity contribution < 1.29 is 13.2 Å². The molecule has 0 atom stereocenters. The summed E-state index contributed by atoms with van der Waals surface area (Å²) in [7, 11) is -4.09. The topological polar surface area (TPSA) is 100 Å². The standard InChI is InChI=1S/C23H28N4O3S/c1-15-3-2-4-19(7-15)25-20-5-6-24-14-21(20)31(29,30)27-22(28)26-23-11-16-8-17(12-23)10-18(9-16)13-23/h2-7,14,16-18H,8-13H2,1H3,(H,24,25)(H2,26,27,28). The molecule has 6 rings (SSSR count). The number of urea groups is 1. The maximum absolute atomic E-state index is 13.1. The zero-order chi connectivity index (χ0) is 21.6. The van der Waals surface area contributed by atoms with Crippen molar-refractivity contribution in [3.8, 4) is 0 Å². The van der Waals surface area contributed by atoms with Gasteiger partial charge in [-0.1, -0.05) is 12.1 Å². The smallest absolute Gasteiger partial charge is 0.329 e. The first-order chi connectivity index (χ1) is 14.8. The molecule has 0 saturated heterocycles. The van der Waals surface area contributed by atoms with E-state index in [0.717, 1.165) is 30.5 Å². The van der Waals surface area contributed by atoms with Crippen LogP contribution >= 0.6 is 0 Å². The van der Waals surface area contributed by atoms with E-state index in [1.54, 1.807) is 6.07 Å². The molecular weight excluding hydrogens is 412 g/mol. The SMILES string of the molecule is Cc1cccc(Nc2ccncc2S(=O)(=O)NC(=O)NC23CC4CC(CC(C4)C2)C3)c1. The maximum atomic E-state index is 13.1. The first-order valence-electron chi connectivity index (χ1n) is 10.9. The van der Waals surface area contributed by atoms with Crippen molar-refractivity contribution in [1.29, 1.82) is 0 Å². The molecule has 2 amide bonds. The average Bonchev–Trinajstić information content (AvgIpc) is 2.66. The molecule has 7 nitrogen and oxygen atoms in total. The van der Waals surface area contributed by atoms with E-state index in [0.29, 0.717) is 23.4 Å². The molecule has 0 spiro atoms. The molecule has 0 aliphatic heterocycles. The monoisotopic (exact) mass is 440 g/mol. The van der Waals surface area contributed by atoms with E-state index in [4.69, 9.17) is 0 Å². The van der Waals surface area contributed by atoms with Gasteiger partial charge in [-0.05, 0) is 87.0 Å². The van der Waals surface area contributed by atoms with Gasteiger partial charge in [0.15, 0.2) is 0 Å². The normalized spacial score (nSPS) is 28.9. The van der Waals surface area contributed by atoms with E-state index >= 15 is 0 Å². The van der Waals surface area contributed by atoms with E-state index in [2.05, 4.69) is 20.3 Å². The van der Waals surface area contributed by atoms with Crippen LogP contribution in [0.3, 0.4) is 0 Å². The summed E-state index contributed by atoms with van der Waals surface area (Å²) in [5.41, 5.74) is 1.93. The van der Waals surface area contributed by atoms with Crippen LogP contribution in [0.1, 0.15) is 44.1 Å². The molecule has 0 radical (unpaired) electrons. The summed E-state index contributed by atoms with van der Waals surface area (Å²) in [5, 5.41) is 6.19. The lowest BCUT2D eigenvalue weighted by Crippen LogP contribution is -2.61. The Kier molecular flexibility index (Phi) is 4.92. The van der Waals surface area contributed by atoms with Gasteiger partial charge in [0.2, 0.25) is 0 Å². The molecular formula is C23H28N4O3S. The molecule has 2 aromatic rings. The summed E-state index contributed by atoms with van der Waals surface area (Å²) in [6.45, 7) is 1.96. The van der Waals surface area contributed by atoms with Crippen LogP contribution in [0.4, 0.5) is 16.2 Å². The fourth-order valence-electron chi connectivity index (χ4n) is 6.28. The summed E-state index contributed by atoms with van der Waals surface area (Å²) in [6, 6.07) is 8.58.